The van der Waals surface area contributed by atoms with Crippen molar-refractivity contribution in [2.75, 3.05) is 31.6 Å². The summed E-state index contributed by atoms with van der Waals surface area (Å²) in [6.45, 7) is 1.57. The number of hydrogen-bond donors (Lipinski definition) is 3. The zero-order chi connectivity index (χ0) is 24.7. The van der Waals surface area contributed by atoms with E-state index < -0.39 is 60.0 Å². The minimum absolute atomic E-state index is 0.176. The average Bonchev–Trinajstić information content (AvgIpc) is 2.65. The van der Waals surface area contributed by atoms with E-state index in [1.165, 1.54) is 0 Å². The minimum Gasteiger partial charge on any atom is -0.469 e. The predicted octanol–water partition coefficient (Wildman–Crippen LogP) is 3.16. The van der Waals surface area contributed by atoms with Gasteiger partial charge >= 0.3 is 24.3 Å². The fourth-order valence-electron chi connectivity index (χ4n) is 2.59. The molecule has 14 heteroatoms. The number of thioether (sulfide) groups is 1. The Hall–Kier alpha value is -0.860. The number of alkyl halides is 6. The Balaban J connectivity index is 5.20. The van der Waals surface area contributed by atoms with Gasteiger partial charge < -0.3 is 15.2 Å². The van der Waals surface area contributed by atoms with Crippen molar-refractivity contribution in [3.63, 3.8) is 0 Å². The molecule has 0 rings (SSSR count). The molecule has 0 aromatic carbocycles. The highest BCUT2D eigenvalue weighted by Crippen LogP contribution is 2.37. The van der Waals surface area contributed by atoms with Crippen molar-refractivity contribution < 1.29 is 45.4 Å². The summed E-state index contributed by atoms with van der Waals surface area (Å²) in [7, 11) is 2.04. The summed E-state index contributed by atoms with van der Waals surface area (Å²) in [6.07, 6.45) is -11.0. The SMILES string of the molecule is COC(=O)C(CSCNC(C)(CC(CS)C(=O)OC)C(F)(F)F)CC(C)(N)C(F)(F)F. The van der Waals surface area contributed by atoms with Crippen LogP contribution >= 0.6 is 24.4 Å². The largest absolute Gasteiger partial charge is 0.469 e. The van der Waals surface area contributed by atoms with Crippen molar-refractivity contribution >= 4 is 36.3 Å². The van der Waals surface area contributed by atoms with Crippen molar-refractivity contribution in [2.45, 2.75) is 50.1 Å². The topological polar surface area (TPSA) is 90.6 Å². The van der Waals surface area contributed by atoms with Crippen molar-refractivity contribution in [1.29, 1.82) is 0 Å². The second-order valence-electron chi connectivity index (χ2n) is 7.47. The van der Waals surface area contributed by atoms with Gasteiger partial charge in [0.05, 0.1) is 26.1 Å². The van der Waals surface area contributed by atoms with Crippen molar-refractivity contribution in [1.82, 2.24) is 5.32 Å². The molecule has 0 aromatic rings. The quantitative estimate of drug-likeness (QED) is 0.124. The smallest absolute Gasteiger partial charge is 0.406 e. The fourth-order valence-corrected chi connectivity index (χ4v) is 3.94. The first-order chi connectivity index (χ1) is 14.0. The van der Waals surface area contributed by atoms with Crippen LogP contribution in [-0.2, 0) is 19.1 Å². The minimum atomic E-state index is -4.78. The molecule has 0 saturated heterocycles. The van der Waals surface area contributed by atoms with Crippen LogP contribution in [0.1, 0.15) is 26.7 Å². The van der Waals surface area contributed by atoms with E-state index in [0.29, 0.717) is 0 Å². The van der Waals surface area contributed by atoms with Gasteiger partial charge in [-0.15, -0.1) is 11.8 Å². The molecule has 6 nitrogen and oxygen atoms in total. The van der Waals surface area contributed by atoms with Gasteiger partial charge in [-0.05, 0) is 26.7 Å². The highest BCUT2D eigenvalue weighted by molar-refractivity contribution is 7.99. The molecule has 184 valence electrons. The third-order valence-electron chi connectivity index (χ3n) is 4.77. The van der Waals surface area contributed by atoms with Gasteiger partial charge in [0.15, 0.2) is 0 Å². The lowest BCUT2D eigenvalue weighted by molar-refractivity contribution is -0.196. The molecule has 0 aliphatic carbocycles. The van der Waals surface area contributed by atoms with Crippen LogP contribution < -0.4 is 11.1 Å². The maximum Gasteiger partial charge on any atom is 0.406 e. The number of ether oxygens (including phenoxy) is 2. The Bertz CT molecular complexity index is 604. The molecule has 0 spiro atoms. The van der Waals surface area contributed by atoms with Crippen molar-refractivity contribution in [3.8, 4) is 0 Å². The predicted molar refractivity (Wildman–Crippen MR) is 108 cm³/mol. The second-order valence-corrected chi connectivity index (χ2v) is 8.86. The molecule has 31 heavy (non-hydrogen) atoms. The van der Waals surface area contributed by atoms with Crippen LogP contribution in [0.5, 0.6) is 0 Å². The summed E-state index contributed by atoms with van der Waals surface area (Å²) in [5.74, 6) is -5.02. The summed E-state index contributed by atoms with van der Waals surface area (Å²) in [4.78, 5) is 23.5. The zero-order valence-corrected chi connectivity index (χ0v) is 19.2. The lowest BCUT2D eigenvalue weighted by Crippen LogP contribution is -2.56. The molecule has 0 radical (unpaired) electrons. The Kier molecular flexibility index (Phi) is 11.5. The monoisotopic (exact) mass is 502 g/mol. The third kappa shape index (κ3) is 8.89. The first kappa shape index (κ1) is 30.1. The maximum atomic E-state index is 13.6. The molecule has 0 saturated carbocycles. The summed E-state index contributed by atoms with van der Waals surface area (Å²) in [5, 5.41) is 2.28. The first-order valence-corrected chi connectivity index (χ1v) is 10.8. The Morgan fingerprint density at radius 3 is 1.84 bits per heavy atom. The standard InChI is InChI=1S/C17H28F6N2O4S2/c1-14(24,16(18,19)20)5-11(13(27)29-4)8-31-9-25-15(2,17(21,22)23)6-10(7-30)12(26)28-3/h10-11,25,30H,5-9,24H2,1-4H3. The van der Waals surface area contributed by atoms with Crippen LogP contribution in [0.15, 0.2) is 0 Å². The van der Waals surface area contributed by atoms with Crippen LogP contribution in [0, 0.1) is 11.8 Å². The lowest BCUT2D eigenvalue weighted by Gasteiger charge is -2.35. The molecule has 0 fully saturated rings. The van der Waals surface area contributed by atoms with E-state index in [4.69, 9.17) is 5.73 Å². The number of nitrogens with one attached hydrogen (secondary N) is 1. The maximum absolute atomic E-state index is 13.6. The molecule has 0 amide bonds. The molecule has 0 aliphatic heterocycles. The average molecular weight is 503 g/mol. The number of carbonyl (C=O) groups excluding carboxylic acids is 2. The number of methoxy groups -OCH3 is 2. The number of hydrogen-bond acceptors (Lipinski definition) is 8. The van der Waals surface area contributed by atoms with E-state index in [-0.39, 0.29) is 17.4 Å². The Morgan fingerprint density at radius 1 is 0.968 bits per heavy atom. The van der Waals surface area contributed by atoms with Crippen LogP contribution in [0.4, 0.5) is 26.3 Å². The van der Waals surface area contributed by atoms with Gasteiger partial charge in [0.25, 0.3) is 0 Å². The number of carbonyl (C=O) groups is 2. The van der Waals surface area contributed by atoms with E-state index >= 15 is 0 Å². The fraction of sp³-hybridized carbons (Fsp3) is 0.882. The summed E-state index contributed by atoms with van der Waals surface area (Å²) >= 11 is 4.67. The van der Waals surface area contributed by atoms with Gasteiger partial charge in [0.1, 0.15) is 11.1 Å². The first-order valence-electron chi connectivity index (χ1n) is 8.97. The number of thiol groups is 1. The number of esters is 2. The summed E-state index contributed by atoms with van der Waals surface area (Å²) in [5.41, 5.74) is 0.0888. The van der Waals surface area contributed by atoms with Crippen LogP contribution in [0.3, 0.4) is 0 Å². The summed E-state index contributed by atoms with van der Waals surface area (Å²) < 4.78 is 88.9. The molecule has 0 bridgehead atoms. The molecule has 4 atom stereocenters. The van der Waals surface area contributed by atoms with Crippen molar-refractivity contribution in [2.24, 2.45) is 17.6 Å². The summed E-state index contributed by atoms with van der Waals surface area (Å²) in [6, 6.07) is 0. The van der Waals surface area contributed by atoms with Crippen LogP contribution in [0.25, 0.3) is 0 Å². The number of halogens is 6. The molecule has 4 unspecified atom stereocenters. The van der Waals surface area contributed by atoms with Gasteiger partial charge in [-0.3, -0.25) is 14.9 Å². The van der Waals surface area contributed by atoms with Gasteiger partial charge in [-0.1, -0.05) is 0 Å². The molecule has 0 aliphatic rings. The highest BCUT2D eigenvalue weighted by atomic mass is 32.2. The van der Waals surface area contributed by atoms with Crippen LogP contribution in [0.2, 0.25) is 0 Å². The Labute approximate surface area is 186 Å². The molecule has 0 aromatic heterocycles. The normalized spacial score (nSPS) is 18.5. The van der Waals surface area contributed by atoms with E-state index in [2.05, 4.69) is 27.4 Å². The number of nitrogens with two attached hydrogens (primary N) is 1. The van der Waals surface area contributed by atoms with E-state index in [1.54, 1.807) is 0 Å². The molecule has 0 heterocycles. The van der Waals surface area contributed by atoms with Gasteiger partial charge in [0.2, 0.25) is 0 Å². The van der Waals surface area contributed by atoms with E-state index in [1.807, 2.05) is 0 Å². The second kappa shape index (κ2) is 11.8. The molecule has 3 N–H and O–H groups in total. The van der Waals surface area contributed by atoms with Gasteiger partial charge in [-0.25, -0.2) is 0 Å². The van der Waals surface area contributed by atoms with Crippen LogP contribution in [-0.4, -0.2) is 67.0 Å². The van der Waals surface area contributed by atoms with Gasteiger partial charge in [0, 0.05) is 17.4 Å². The zero-order valence-electron chi connectivity index (χ0n) is 17.5. The van der Waals surface area contributed by atoms with Gasteiger partial charge in [-0.2, -0.15) is 39.0 Å². The van der Waals surface area contributed by atoms with E-state index in [0.717, 1.165) is 39.8 Å². The Morgan fingerprint density at radius 2 is 1.45 bits per heavy atom. The van der Waals surface area contributed by atoms with E-state index in [9.17, 15) is 35.9 Å². The van der Waals surface area contributed by atoms with Crippen molar-refractivity contribution in [3.05, 3.63) is 0 Å². The molecular weight excluding hydrogens is 474 g/mol. The lowest BCUT2D eigenvalue weighted by atomic mass is 9.89. The third-order valence-corrected chi connectivity index (χ3v) is 6.20. The highest BCUT2D eigenvalue weighted by Gasteiger charge is 2.53. The molecular formula is C17H28F6N2O4S2. The number of rotatable bonds is 12.